The quantitative estimate of drug-likeness (QED) is 0.829. The largest absolute Gasteiger partial charge is 0.486 e. The number of halogens is 1. The number of nitrogens with two attached hydrogens (primary N) is 1. The van der Waals surface area contributed by atoms with E-state index in [-0.39, 0.29) is 29.8 Å². The molecule has 1 aromatic rings. The average Bonchev–Trinajstić information content (AvgIpc) is 3.05. The minimum Gasteiger partial charge on any atom is -0.486 e. The van der Waals surface area contributed by atoms with E-state index >= 15 is 0 Å². The number of hydrogen-bond donors (Lipinski definition) is 1. The molecule has 1 aliphatic carbocycles. The van der Waals surface area contributed by atoms with Crippen molar-refractivity contribution in [3.63, 3.8) is 0 Å². The number of carbonyl (C=O) groups is 1. The van der Waals surface area contributed by atoms with Crippen LogP contribution in [-0.2, 0) is 10.2 Å². The molecular formula is C19H27ClN2O3. The molecule has 0 aromatic heterocycles. The van der Waals surface area contributed by atoms with E-state index in [1.807, 2.05) is 4.90 Å². The zero-order valence-electron chi connectivity index (χ0n) is 14.9. The van der Waals surface area contributed by atoms with E-state index in [2.05, 4.69) is 19.1 Å². The minimum atomic E-state index is -0.468. The van der Waals surface area contributed by atoms with Crippen LogP contribution in [-0.4, -0.2) is 36.6 Å². The number of amides is 1. The number of hydrogen-bond acceptors (Lipinski definition) is 4. The number of benzene rings is 1. The lowest BCUT2D eigenvalue weighted by Gasteiger charge is -2.47. The van der Waals surface area contributed by atoms with Crippen LogP contribution in [0.25, 0.3) is 0 Å². The molecule has 1 unspecified atom stereocenters. The molecule has 2 aliphatic heterocycles. The maximum atomic E-state index is 12.7. The van der Waals surface area contributed by atoms with E-state index < -0.39 is 6.04 Å². The SMILES string of the molecule is CC1c2cc3c(cc2C2(CCCC2)CN1C(=O)[C@H](C)N)OCCO3.Cl. The molecule has 2 heterocycles. The van der Waals surface area contributed by atoms with Gasteiger partial charge < -0.3 is 20.1 Å². The second kappa shape index (κ2) is 6.69. The summed E-state index contributed by atoms with van der Waals surface area (Å²) in [5, 5.41) is 0. The molecule has 3 aliphatic rings. The van der Waals surface area contributed by atoms with E-state index in [1.54, 1.807) is 6.92 Å². The van der Waals surface area contributed by atoms with E-state index in [9.17, 15) is 4.79 Å². The number of ether oxygens (including phenoxy) is 2. The van der Waals surface area contributed by atoms with Gasteiger partial charge in [0.2, 0.25) is 5.91 Å². The smallest absolute Gasteiger partial charge is 0.239 e. The van der Waals surface area contributed by atoms with Gasteiger partial charge in [-0.05, 0) is 49.9 Å². The van der Waals surface area contributed by atoms with Crippen LogP contribution >= 0.6 is 12.4 Å². The highest BCUT2D eigenvalue weighted by Crippen LogP contribution is 2.51. The average molecular weight is 367 g/mol. The highest BCUT2D eigenvalue weighted by atomic mass is 35.5. The first-order chi connectivity index (χ1) is 11.5. The Morgan fingerprint density at radius 2 is 1.84 bits per heavy atom. The highest BCUT2D eigenvalue weighted by Gasteiger charge is 2.46. The number of rotatable bonds is 1. The minimum absolute atomic E-state index is 0. The molecule has 6 heteroatoms. The molecule has 1 spiro atoms. The molecule has 25 heavy (non-hydrogen) atoms. The first kappa shape index (κ1) is 18.3. The summed E-state index contributed by atoms with van der Waals surface area (Å²) in [7, 11) is 0. The zero-order valence-corrected chi connectivity index (χ0v) is 15.7. The summed E-state index contributed by atoms with van der Waals surface area (Å²) in [6.07, 6.45) is 4.66. The van der Waals surface area contributed by atoms with Gasteiger partial charge in [-0.25, -0.2) is 0 Å². The Kier molecular flexibility index (Phi) is 4.91. The van der Waals surface area contributed by atoms with Gasteiger partial charge in [0.05, 0.1) is 12.1 Å². The first-order valence-electron chi connectivity index (χ1n) is 9.02. The van der Waals surface area contributed by atoms with Crippen LogP contribution in [0.3, 0.4) is 0 Å². The van der Waals surface area contributed by atoms with Crippen LogP contribution < -0.4 is 15.2 Å². The second-order valence-corrected chi connectivity index (χ2v) is 7.50. The Balaban J connectivity index is 0.00000182. The third kappa shape index (κ3) is 2.87. The Hall–Kier alpha value is -1.46. The normalized spacial score (nSPS) is 24.4. The lowest BCUT2D eigenvalue weighted by molar-refractivity contribution is -0.136. The summed E-state index contributed by atoms with van der Waals surface area (Å²) in [6, 6.07) is 3.82. The summed E-state index contributed by atoms with van der Waals surface area (Å²) in [4.78, 5) is 14.7. The molecule has 5 nitrogen and oxygen atoms in total. The molecule has 1 fully saturated rings. The molecule has 2 N–H and O–H groups in total. The van der Waals surface area contributed by atoms with Crippen LogP contribution in [0.1, 0.15) is 56.7 Å². The molecule has 0 radical (unpaired) electrons. The molecule has 4 rings (SSSR count). The van der Waals surface area contributed by atoms with Crippen LogP contribution in [0.2, 0.25) is 0 Å². The Morgan fingerprint density at radius 3 is 2.44 bits per heavy atom. The van der Waals surface area contributed by atoms with Crippen LogP contribution in [0.4, 0.5) is 0 Å². The number of fused-ring (bicyclic) bond motifs is 3. The Morgan fingerprint density at radius 1 is 1.24 bits per heavy atom. The van der Waals surface area contributed by atoms with Gasteiger partial charge in [-0.15, -0.1) is 12.4 Å². The van der Waals surface area contributed by atoms with Gasteiger partial charge in [-0.1, -0.05) is 12.8 Å². The van der Waals surface area contributed by atoms with Crippen molar-refractivity contribution in [3.05, 3.63) is 23.3 Å². The zero-order chi connectivity index (χ0) is 16.9. The third-order valence-corrected chi connectivity index (χ3v) is 5.91. The molecular weight excluding hydrogens is 340 g/mol. The monoisotopic (exact) mass is 366 g/mol. The van der Waals surface area contributed by atoms with Gasteiger partial charge in [0, 0.05) is 12.0 Å². The predicted octanol–water partition coefficient (Wildman–Crippen LogP) is 2.94. The molecule has 138 valence electrons. The topological polar surface area (TPSA) is 64.8 Å². The molecule has 2 atom stereocenters. The fourth-order valence-electron chi connectivity index (χ4n) is 4.64. The van der Waals surface area contributed by atoms with E-state index in [0.717, 1.165) is 30.9 Å². The van der Waals surface area contributed by atoms with E-state index in [1.165, 1.54) is 24.0 Å². The van der Waals surface area contributed by atoms with Crippen molar-refractivity contribution in [1.29, 1.82) is 0 Å². The highest BCUT2D eigenvalue weighted by molar-refractivity contribution is 5.85. The van der Waals surface area contributed by atoms with E-state index in [4.69, 9.17) is 15.2 Å². The fraction of sp³-hybridized carbons (Fsp3) is 0.632. The number of nitrogens with zero attached hydrogens (tertiary/aromatic N) is 1. The van der Waals surface area contributed by atoms with Crippen molar-refractivity contribution in [3.8, 4) is 11.5 Å². The molecule has 0 bridgehead atoms. The summed E-state index contributed by atoms with van der Waals surface area (Å²) in [5.74, 6) is 1.69. The summed E-state index contributed by atoms with van der Waals surface area (Å²) >= 11 is 0. The maximum Gasteiger partial charge on any atom is 0.239 e. The van der Waals surface area contributed by atoms with Gasteiger partial charge in [-0.3, -0.25) is 4.79 Å². The van der Waals surface area contributed by atoms with Gasteiger partial charge in [0.1, 0.15) is 13.2 Å². The van der Waals surface area contributed by atoms with Crippen LogP contribution in [0.15, 0.2) is 12.1 Å². The van der Waals surface area contributed by atoms with Crippen molar-refractivity contribution in [1.82, 2.24) is 4.90 Å². The van der Waals surface area contributed by atoms with Crippen molar-refractivity contribution in [2.24, 2.45) is 5.73 Å². The standard InChI is InChI=1S/C19H26N2O3.ClH/c1-12(20)18(22)21-11-19(5-3-4-6-19)15-10-17-16(23-7-8-24-17)9-14(15)13(21)2;/h9-10,12-13H,3-8,11,20H2,1-2H3;1H/t12-,13?;/m0./s1. The molecule has 0 saturated heterocycles. The third-order valence-electron chi connectivity index (χ3n) is 5.91. The maximum absolute atomic E-state index is 12.7. The molecule has 1 saturated carbocycles. The summed E-state index contributed by atoms with van der Waals surface area (Å²) in [5.41, 5.74) is 8.50. The fourth-order valence-corrected chi connectivity index (χ4v) is 4.64. The van der Waals surface area contributed by atoms with Gasteiger partial charge in [0.25, 0.3) is 0 Å². The summed E-state index contributed by atoms with van der Waals surface area (Å²) < 4.78 is 11.6. The van der Waals surface area contributed by atoms with Crippen LogP contribution in [0.5, 0.6) is 11.5 Å². The first-order valence-corrected chi connectivity index (χ1v) is 9.02. The van der Waals surface area contributed by atoms with Gasteiger partial charge in [0.15, 0.2) is 11.5 Å². The van der Waals surface area contributed by atoms with Crippen LogP contribution in [0, 0.1) is 0 Å². The van der Waals surface area contributed by atoms with Gasteiger partial charge >= 0.3 is 0 Å². The number of carbonyl (C=O) groups excluding carboxylic acids is 1. The van der Waals surface area contributed by atoms with Gasteiger partial charge in [-0.2, -0.15) is 0 Å². The van der Waals surface area contributed by atoms with Crippen molar-refractivity contribution >= 4 is 18.3 Å². The van der Waals surface area contributed by atoms with Crippen molar-refractivity contribution < 1.29 is 14.3 Å². The summed E-state index contributed by atoms with van der Waals surface area (Å²) in [6.45, 7) is 5.81. The van der Waals surface area contributed by atoms with Crippen molar-refractivity contribution in [2.45, 2.75) is 57.0 Å². The van der Waals surface area contributed by atoms with E-state index in [0.29, 0.717) is 13.2 Å². The predicted molar refractivity (Wildman–Crippen MR) is 98.6 cm³/mol. The Bertz CT molecular complexity index is 671. The molecule has 1 aromatic carbocycles. The lowest BCUT2D eigenvalue weighted by atomic mass is 9.71. The Labute approximate surface area is 155 Å². The van der Waals surface area contributed by atoms with Crippen molar-refractivity contribution in [2.75, 3.05) is 19.8 Å². The second-order valence-electron chi connectivity index (χ2n) is 7.50. The lowest BCUT2D eigenvalue weighted by Crippen LogP contribution is -2.52. The molecule has 1 amide bonds.